The molecule has 1 heterocycles. The summed E-state index contributed by atoms with van der Waals surface area (Å²) in [6.07, 6.45) is 0.956. The maximum atomic E-state index is 5.50. The van der Waals surface area contributed by atoms with Crippen LogP contribution in [0.4, 0.5) is 5.82 Å². The van der Waals surface area contributed by atoms with E-state index in [1.54, 1.807) is 0 Å². The van der Waals surface area contributed by atoms with Gasteiger partial charge in [-0.1, -0.05) is 29.8 Å². The van der Waals surface area contributed by atoms with Crippen LogP contribution >= 0.6 is 0 Å². The predicted octanol–water partition coefficient (Wildman–Crippen LogP) is 2.24. The van der Waals surface area contributed by atoms with E-state index in [1.165, 1.54) is 5.56 Å². The van der Waals surface area contributed by atoms with Crippen LogP contribution in [0.15, 0.2) is 36.4 Å². The van der Waals surface area contributed by atoms with Gasteiger partial charge in [-0.05, 0) is 32.0 Å². The minimum absolute atomic E-state index is 0.694. The third-order valence-corrected chi connectivity index (χ3v) is 3.09. The molecule has 0 spiro atoms. The van der Waals surface area contributed by atoms with Crippen LogP contribution in [0.2, 0.25) is 0 Å². The quantitative estimate of drug-likeness (QED) is 0.891. The predicted molar refractivity (Wildman–Crippen MR) is 79.1 cm³/mol. The topological polar surface area (TPSA) is 55.0 Å². The van der Waals surface area contributed by atoms with E-state index in [0.717, 1.165) is 30.0 Å². The van der Waals surface area contributed by atoms with Gasteiger partial charge in [-0.2, -0.15) is 0 Å². The SMILES string of the molecule is Cc1ccc(-c2ccc(N(C)CCCN)nn2)cc1. The Kier molecular flexibility index (Phi) is 4.47. The van der Waals surface area contributed by atoms with Gasteiger partial charge in [0.2, 0.25) is 0 Å². The molecule has 1 aromatic heterocycles. The lowest BCUT2D eigenvalue weighted by Gasteiger charge is -2.16. The van der Waals surface area contributed by atoms with Gasteiger partial charge in [0.25, 0.3) is 0 Å². The Hall–Kier alpha value is -1.94. The Morgan fingerprint density at radius 2 is 1.79 bits per heavy atom. The summed E-state index contributed by atoms with van der Waals surface area (Å²) in [4.78, 5) is 2.07. The molecule has 19 heavy (non-hydrogen) atoms. The molecule has 0 aliphatic rings. The van der Waals surface area contributed by atoms with Crippen molar-refractivity contribution >= 4 is 5.82 Å². The van der Waals surface area contributed by atoms with Crippen LogP contribution < -0.4 is 10.6 Å². The van der Waals surface area contributed by atoms with Crippen molar-refractivity contribution in [1.82, 2.24) is 10.2 Å². The van der Waals surface area contributed by atoms with Crippen molar-refractivity contribution in [2.24, 2.45) is 5.73 Å². The maximum absolute atomic E-state index is 5.50. The zero-order valence-corrected chi connectivity index (χ0v) is 11.5. The number of hydrogen-bond donors (Lipinski definition) is 1. The first-order valence-corrected chi connectivity index (χ1v) is 6.52. The van der Waals surface area contributed by atoms with Crippen molar-refractivity contribution in [1.29, 1.82) is 0 Å². The highest BCUT2D eigenvalue weighted by Gasteiger charge is 2.04. The van der Waals surface area contributed by atoms with E-state index in [0.29, 0.717) is 6.54 Å². The van der Waals surface area contributed by atoms with Gasteiger partial charge >= 0.3 is 0 Å². The number of nitrogens with two attached hydrogens (primary N) is 1. The van der Waals surface area contributed by atoms with E-state index in [-0.39, 0.29) is 0 Å². The highest BCUT2D eigenvalue weighted by molar-refractivity contribution is 5.60. The molecule has 2 N–H and O–H groups in total. The third-order valence-electron chi connectivity index (χ3n) is 3.09. The summed E-state index contributed by atoms with van der Waals surface area (Å²) in [6.45, 7) is 3.67. The standard InChI is InChI=1S/C15H20N4/c1-12-4-6-13(7-5-12)14-8-9-15(18-17-14)19(2)11-3-10-16/h4-9H,3,10-11,16H2,1-2H3. The molecule has 2 aromatic rings. The van der Waals surface area contributed by atoms with Crippen molar-refractivity contribution in [2.45, 2.75) is 13.3 Å². The van der Waals surface area contributed by atoms with Crippen molar-refractivity contribution in [3.63, 3.8) is 0 Å². The maximum Gasteiger partial charge on any atom is 0.151 e. The van der Waals surface area contributed by atoms with Gasteiger partial charge in [-0.15, -0.1) is 10.2 Å². The van der Waals surface area contributed by atoms with E-state index in [9.17, 15) is 0 Å². The first kappa shape index (κ1) is 13.5. The van der Waals surface area contributed by atoms with Crippen molar-refractivity contribution < 1.29 is 0 Å². The summed E-state index contributed by atoms with van der Waals surface area (Å²) < 4.78 is 0. The number of rotatable bonds is 5. The molecule has 0 atom stereocenters. The molecule has 0 saturated heterocycles. The second-order valence-corrected chi connectivity index (χ2v) is 4.71. The highest BCUT2D eigenvalue weighted by atomic mass is 15.2. The Morgan fingerprint density at radius 1 is 1.05 bits per heavy atom. The molecular weight excluding hydrogens is 236 g/mol. The zero-order chi connectivity index (χ0) is 13.7. The molecule has 0 aliphatic heterocycles. The molecule has 0 unspecified atom stereocenters. The lowest BCUT2D eigenvalue weighted by molar-refractivity contribution is 0.778. The monoisotopic (exact) mass is 256 g/mol. The summed E-state index contributed by atoms with van der Waals surface area (Å²) in [6, 6.07) is 12.3. The number of aromatic nitrogens is 2. The zero-order valence-electron chi connectivity index (χ0n) is 11.5. The Labute approximate surface area is 114 Å². The van der Waals surface area contributed by atoms with Crippen LogP contribution in [0, 0.1) is 6.92 Å². The first-order valence-electron chi connectivity index (χ1n) is 6.52. The number of benzene rings is 1. The number of hydrogen-bond acceptors (Lipinski definition) is 4. The highest BCUT2D eigenvalue weighted by Crippen LogP contribution is 2.18. The summed E-state index contributed by atoms with van der Waals surface area (Å²) >= 11 is 0. The first-order chi connectivity index (χ1) is 9.20. The second-order valence-electron chi connectivity index (χ2n) is 4.71. The lowest BCUT2D eigenvalue weighted by Crippen LogP contribution is -2.22. The molecule has 0 bridgehead atoms. The molecule has 2 rings (SSSR count). The fraction of sp³-hybridized carbons (Fsp3) is 0.333. The molecule has 4 nitrogen and oxygen atoms in total. The third kappa shape index (κ3) is 3.51. The van der Waals surface area contributed by atoms with Gasteiger partial charge in [0, 0.05) is 19.2 Å². The van der Waals surface area contributed by atoms with Crippen molar-refractivity contribution in [3.05, 3.63) is 42.0 Å². The van der Waals surface area contributed by atoms with E-state index < -0.39 is 0 Å². The van der Waals surface area contributed by atoms with E-state index in [2.05, 4.69) is 46.3 Å². The molecule has 100 valence electrons. The van der Waals surface area contributed by atoms with Gasteiger partial charge in [0.15, 0.2) is 5.82 Å². The number of anilines is 1. The fourth-order valence-corrected chi connectivity index (χ4v) is 1.85. The number of aryl methyl sites for hydroxylation is 1. The summed E-state index contributed by atoms with van der Waals surface area (Å²) in [5, 5.41) is 8.55. The van der Waals surface area contributed by atoms with Crippen molar-refractivity contribution in [3.8, 4) is 11.3 Å². The fourth-order valence-electron chi connectivity index (χ4n) is 1.85. The van der Waals surface area contributed by atoms with Crippen LogP contribution in [0.1, 0.15) is 12.0 Å². The molecule has 0 amide bonds. The largest absolute Gasteiger partial charge is 0.358 e. The average Bonchev–Trinajstić information content (AvgIpc) is 2.46. The molecule has 0 aliphatic carbocycles. The van der Waals surface area contributed by atoms with Crippen LogP contribution in [0.3, 0.4) is 0 Å². The lowest BCUT2D eigenvalue weighted by atomic mass is 10.1. The Bertz CT molecular complexity index is 505. The smallest absolute Gasteiger partial charge is 0.151 e. The van der Waals surface area contributed by atoms with Gasteiger partial charge < -0.3 is 10.6 Å². The summed E-state index contributed by atoms with van der Waals surface area (Å²) in [5.41, 5.74) is 8.74. The second kappa shape index (κ2) is 6.29. The molecule has 1 aromatic carbocycles. The van der Waals surface area contributed by atoms with Gasteiger partial charge in [0.1, 0.15) is 0 Å². The molecule has 0 fully saturated rings. The Morgan fingerprint density at radius 3 is 2.37 bits per heavy atom. The van der Waals surface area contributed by atoms with Crippen LogP contribution in [-0.2, 0) is 0 Å². The molecular formula is C15H20N4. The van der Waals surface area contributed by atoms with Crippen molar-refractivity contribution in [2.75, 3.05) is 25.0 Å². The van der Waals surface area contributed by atoms with Gasteiger partial charge in [0.05, 0.1) is 5.69 Å². The number of nitrogens with zero attached hydrogens (tertiary/aromatic N) is 3. The van der Waals surface area contributed by atoms with E-state index in [4.69, 9.17) is 5.73 Å². The minimum atomic E-state index is 0.694. The normalized spacial score (nSPS) is 10.5. The van der Waals surface area contributed by atoms with Gasteiger partial charge in [-0.3, -0.25) is 0 Å². The molecule has 0 radical (unpaired) electrons. The van der Waals surface area contributed by atoms with Crippen LogP contribution in [-0.4, -0.2) is 30.3 Å². The summed E-state index contributed by atoms with van der Waals surface area (Å²) in [7, 11) is 2.01. The molecule has 4 heteroatoms. The van der Waals surface area contributed by atoms with Crippen LogP contribution in [0.5, 0.6) is 0 Å². The van der Waals surface area contributed by atoms with E-state index >= 15 is 0 Å². The Balaban J connectivity index is 2.11. The van der Waals surface area contributed by atoms with Gasteiger partial charge in [-0.25, -0.2) is 0 Å². The molecule has 0 saturated carbocycles. The van der Waals surface area contributed by atoms with Crippen LogP contribution in [0.25, 0.3) is 11.3 Å². The van der Waals surface area contributed by atoms with E-state index in [1.807, 2.05) is 19.2 Å². The summed E-state index contributed by atoms with van der Waals surface area (Å²) in [5.74, 6) is 0.879. The average molecular weight is 256 g/mol. The minimum Gasteiger partial charge on any atom is -0.358 e.